The number of nitrogens with one attached hydrogen (secondary N) is 1. The third-order valence-corrected chi connectivity index (χ3v) is 3.75. The smallest absolute Gasteiger partial charge is 0.126 e. The number of nitrogens with zero attached hydrogens (tertiary/aromatic N) is 3. The Morgan fingerprint density at radius 2 is 2.30 bits per heavy atom. The maximum Gasteiger partial charge on any atom is 0.126 e. The van der Waals surface area contributed by atoms with Crippen LogP contribution >= 0.6 is 11.6 Å². The van der Waals surface area contributed by atoms with Crippen LogP contribution in [-0.4, -0.2) is 29.0 Å². The van der Waals surface area contributed by atoms with Crippen molar-refractivity contribution in [3.05, 3.63) is 22.8 Å². The Labute approximate surface area is 125 Å². The molecule has 108 valence electrons. The van der Waals surface area contributed by atoms with Gasteiger partial charge in [-0.15, -0.1) is 0 Å². The van der Waals surface area contributed by atoms with Crippen molar-refractivity contribution in [1.29, 1.82) is 5.26 Å². The summed E-state index contributed by atoms with van der Waals surface area (Å²) in [5, 5.41) is 12.7. The van der Waals surface area contributed by atoms with Crippen molar-refractivity contribution in [3.8, 4) is 6.07 Å². The molecule has 0 atom stereocenters. The minimum absolute atomic E-state index is 0.557. The van der Waals surface area contributed by atoms with Gasteiger partial charge in [-0.2, -0.15) is 5.26 Å². The second kappa shape index (κ2) is 7.47. The van der Waals surface area contributed by atoms with Crippen LogP contribution in [0.15, 0.2) is 12.1 Å². The topological polar surface area (TPSA) is 52.0 Å². The molecule has 4 nitrogen and oxygen atoms in total. The van der Waals surface area contributed by atoms with Crippen LogP contribution in [0.2, 0.25) is 5.02 Å². The summed E-state index contributed by atoms with van der Waals surface area (Å²) >= 11 is 6.25. The van der Waals surface area contributed by atoms with E-state index in [0.717, 1.165) is 37.6 Å². The van der Waals surface area contributed by atoms with Crippen LogP contribution in [0.4, 0.5) is 5.82 Å². The van der Waals surface area contributed by atoms with Gasteiger partial charge >= 0.3 is 0 Å². The van der Waals surface area contributed by atoms with Crippen LogP contribution in [0.25, 0.3) is 0 Å². The molecule has 1 aromatic heterocycles. The highest BCUT2D eigenvalue weighted by Gasteiger charge is 2.29. The van der Waals surface area contributed by atoms with Gasteiger partial charge in [0.25, 0.3) is 0 Å². The molecule has 0 bridgehead atoms. The summed E-state index contributed by atoms with van der Waals surface area (Å²) in [6.07, 6.45) is 4.06. The van der Waals surface area contributed by atoms with E-state index in [1.54, 1.807) is 0 Å². The summed E-state index contributed by atoms with van der Waals surface area (Å²) in [6, 6.07) is 6.63. The molecule has 0 aliphatic heterocycles. The molecule has 1 N–H and O–H groups in total. The fourth-order valence-electron chi connectivity index (χ4n) is 2.16. The quantitative estimate of drug-likeness (QED) is 0.797. The van der Waals surface area contributed by atoms with E-state index < -0.39 is 0 Å². The lowest BCUT2D eigenvalue weighted by molar-refractivity contribution is 0.258. The highest BCUT2D eigenvalue weighted by Crippen LogP contribution is 2.29. The SMILES string of the molecule is CCCNc1ccc(Cl)c(CN(CCC#N)C2CC2)n1. The molecule has 1 aliphatic rings. The van der Waals surface area contributed by atoms with Crippen molar-refractivity contribution in [2.75, 3.05) is 18.4 Å². The van der Waals surface area contributed by atoms with Crippen LogP contribution < -0.4 is 5.32 Å². The molecule has 0 aromatic carbocycles. The fraction of sp³-hybridized carbons (Fsp3) is 0.600. The van der Waals surface area contributed by atoms with Gasteiger partial charge in [0, 0.05) is 32.1 Å². The molecule has 1 aromatic rings. The van der Waals surface area contributed by atoms with Crippen molar-refractivity contribution < 1.29 is 0 Å². The molecule has 0 unspecified atom stereocenters. The molecule has 0 spiro atoms. The Morgan fingerprint density at radius 3 is 2.95 bits per heavy atom. The first-order valence-corrected chi connectivity index (χ1v) is 7.62. The molecule has 0 amide bonds. The zero-order valence-corrected chi connectivity index (χ0v) is 12.7. The van der Waals surface area contributed by atoms with Crippen LogP contribution in [0.5, 0.6) is 0 Å². The minimum atomic E-state index is 0.557. The van der Waals surface area contributed by atoms with Gasteiger partial charge in [0.2, 0.25) is 0 Å². The monoisotopic (exact) mass is 292 g/mol. The number of pyridine rings is 1. The zero-order valence-electron chi connectivity index (χ0n) is 11.9. The standard InChI is InChI=1S/C15H21ClN4/c1-2-9-18-15-7-6-13(16)14(19-15)11-20(10-3-8-17)12-4-5-12/h6-7,12H,2-5,9-11H2,1H3,(H,18,19). The third-order valence-electron chi connectivity index (χ3n) is 3.40. The summed E-state index contributed by atoms with van der Waals surface area (Å²) in [5.41, 5.74) is 0.901. The van der Waals surface area contributed by atoms with Gasteiger partial charge < -0.3 is 5.32 Å². The molecule has 20 heavy (non-hydrogen) atoms. The van der Waals surface area contributed by atoms with Gasteiger partial charge in [-0.25, -0.2) is 4.98 Å². The van der Waals surface area contributed by atoms with Gasteiger partial charge in [-0.1, -0.05) is 18.5 Å². The number of hydrogen-bond donors (Lipinski definition) is 1. The van der Waals surface area contributed by atoms with Crippen molar-refractivity contribution >= 4 is 17.4 Å². The molecular formula is C15H21ClN4. The summed E-state index contributed by atoms with van der Waals surface area (Å²) in [5.74, 6) is 0.877. The molecule has 1 heterocycles. The van der Waals surface area contributed by atoms with E-state index in [1.807, 2.05) is 12.1 Å². The molecule has 2 rings (SSSR count). The predicted molar refractivity (Wildman–Crippen MR) is 81.7 cm³/mol. The van der Waals surface area contributed by atoms with Gasteiger partial charge in [0.15, 0.2) is 0 Å². The van der Waals surface area contributed by atoms with Crippen molar-refractivity contribution in [3.63, 3.8) is 0 Å². The fourth-order valence-corrected chi connectivity index (χ4v) is 2.33. The Morgan fingerprint density at radius 1 is 1.50 bits per heavy atom. The third kappa shape index (κ3) is 4.36. The molecular weight excluding hydrogens is 272 g/mol. The largest absolute Gasteiger partial charge is 0.370 e. The summed E-state index contributed by atoms with van der Waals surface area (Å²) in [6.45, 7) is 4.56. The molecule has 5 heteroatoms. The van der Waals surface area contributed by atoms with Gasteiger partial charge in [-0.3, -0.25) is 4.90 Å². The first-order chi connectivity index (χ1) is 9.74. The summed E-state index contributed by atoms with van der Waals surface area (Å²) in [4.78, 5) is 6.92. The highest BCUT2D eigenvalue weighted by atomic mass is 35.5. The molecule has 1 fully saturated rings. The lowest BCUT2D eigenvalue weighted by atomic mass is 10.3. The van der Waals surface area contributed by atoms with Crippen LogP contribution in [-0.2, 0) is 6.54 Å². The van der Waals surface area contributed by atoms with Crippen LogP contribution in [0, 0.1) is 11.3 Å². The number of nitriles is 1. The number of aromatic nitrogens is 1. The minimum Gasteiger partial charge on any atom is -0.370 e. The van der Waals surface area contributed by atoms with Crippen LogP contribution in [0.3, 0.4) is 0 Å². The number of halogens is 1. The van der Waals surface area contributed by atoms with E-state index in [-0.39, 0.29) is 0 Å². The number of rotatable bonds is 8. The van der Waals surface area contributed by atoms with E-state index in [9.17, 15) is 0 Å². The van der Waals surface area contributed by atoms with Gasteiger partial charge in [0.1, 0.15) is 5.82 Å². The van der Waals surface area contributed by atoms with E-state index >= 15 is 0 Å². The summed E-state index contributed by atoms with van der Waals surface area (Å²) in [7, 11) is 0. The molecule has 0 radical (unpaired) electrons. The van der Waals surface area contributed by atoms with Crippen molar-refractivity contribution in [2.45, 2.75) is 45.2 Å². The zero-order chi connectivity index (χ0) is 14.4. The van der Waals surface area contributed by atoms with Crippen molar-refractivity contribution in [1.82, 2.24) is 9.88 Å². The normalized spacial score (nSPS) is 14.3. The Kier molecular flexibility index (Phi) is 5.63. The second-order valence-electron chi connectivity index (χ2n) is 5.16. The van der Waals surface area contributed by atoms with Crippen molar-refractivity contribution in [2.24, 2.45) is 0 Å². The number of hydrogen-bond acceptors (Lipinski definition) is 4. The lowest BCUT2D eigenvalue weighted by Crippen LogP contribution is -2.27. The average molecular weight is 293 g/mol. The second-order valence-corrected chi connectivity index (χ2v) is 5.57. The lowest BCUT2D eigenvalue weighted by Gasteiger charge is -2.21. The predicted octanol–water partition coefficient (Wildman–Crippen LogP) is 3.43. The Hall–Kier alpha value is -1.31. The number of anilines is 1. The highest BCUT2D eigenvalue weighted by molar-refractivity contribution is 6.31. The average Bonchev–Trinajstić information content (AvgIpc) is 3.28. The Balaban J connectivity index is 2.03. The Bertz CT molecular complexity index is 479. The van der Waals surface area contributed by atoms with Gasteiger partial charge in [0.05, 0.1) is 16.8 Å². The molecule has 0 saturated heterocycles. The van der Waals surface area contributed by atoms with Gasteiger partial charge in [-0.05, 0) is 31.4 Å². The molecule has 1 aliphatic carbocycles. The maximum absolute atomic E-state index is 8.75. The van der Waals surface area contributed by atoms with E-state index in [1.165, 1.54) is 12.8 Å². The van der Waals surface area contributed by atoms with E-state index in [2.05, 4.69) is 28.2 Å². The van der Waals surface area contributed by atoms with E-state index in [0.29, 0.717) is 17.5 Å². The molecule has 1 saturated carbocycles. The summed E-state index contributed by atoms with van der Waals surface area (Å²) < 4.78 is 0. The maximum atomic E-state index is 8.75. The first-order valence-electron chi connectivity index (χ1n) is 7.25. The van der Waals surface area contributed by atoms with E-state index in [4.69, 9.17) is 16.9 Å². The van der Waals surface area contributed by atoms with Crippen LogP contribution in [0.1, 0.15) is 38.3 Å². The first kappa shape index (κ1) is 15.1.